The molecule has 1 heterocycles. The van der Waals surface area contributed by atoms with Crippen LogP contribution in [0.2, 0.25) is 0 Å². The third-order valence-corrected chi connectivity index (χ3v) is 6.26. The highest BCUT2D eigenvalue weighted by molar-refractivity contribution is 6.01. The first kappa shape index (κ1) is 19.4. The van der Waals surface area contributed by atoms with Crippen molar-refractivity contribution in [3.63, 3.8) is 0 Å². The Labute approximate surface area is 184 Å². The summed E-state index contributed by atoms with van der Waals surface area (Å²) < 4.78 is 2.49. The van der Waals surface area contributed by atoms with Gasteiger partial charge in [-0.2, -0.15) is 0 Å². The molecule has 0 aliphatic heterocycles. The van der Waals surface area contributed by atoms with Gasteiger partial charge in [0.15, 0.2) is 0 Å². The second-order valence-corrected chi connectivity index (χ2v) is 8.14. The number of hydrogen-bond acceptors (Lipinski definition) is 0. The molecule has 1 heteroatoms. The molecule has 0 amide bonds. The van der Waals surface area contributed by atoms with Crippen molar-refractivity contribution in [2.75, 3.05) is 0 Å². The zero-order chi connectivity index (χ0) is 21.2. The third-order valence-electron chi connectivity index (χ3n) is 6.26. The van der Waals surface area contributed by atoms with Crippen LogP contribution in [-0.4, -0.2) is 4.57 Å². The maximum Gasteiger partial charge on any atom is 0.0495 e. The molecule has 5 rings (SSSR count). The minimum absolute atomic E-state index is 0.879. The maximum atomic E-state index is 2.49. The fourth-order valence-electron chi connectivity index (χ4n) is 4.68. The first-order valence-electron chi connectivity index (χ1n) is 11.1. The van der Waals surface area contributed by atoms with Crippen molar-refractivity contribution in [2.24, 2.45) is 0 Å². The summed E-state index contributed by atoms with van der Waals surface area (Å²) in [7, 11) is 0. The van der Waals surface area contributed by atoms with Crippen molar-refractivity contribution in [2.45, 2.75) is 26.8 Å². The van der Waals surface area contributed by atoms with Crippen LogP contribution in [0.1, 0.15) is 23.7 Å². The van der Waals surface area contributed by atoms with E-state index in [1.54, 1.807) is 0 Å². The van der Waals surface area contributed by atoms with Crippen molar-refractivity contribution >= 4 is 10.9 Å². The fourth-order valence-corrected chi connectivity index (χ4v) is 4.68. The molecule has 0 fully saturated rings. The van der Waals surface area contributed by atoms with E-state index in [0.717, 1.165) is 13.0 Å². The molecular weight excluding hydrogens is 374 g/mol. The minimum atomic E-state index is 0.879. The van der Waals surface area contributed by atoms with Crippen LogP contribution in [0.4, 0.5) is 0 Å². The minimum Gasteiger partial charge on any atom is -0.340 e. The summed E-state index contributed by atoms with van der Waals surface area (Å²) in [6, 6.07) is 37.2. The fraction of sp³-hybridized carbons (Fsp3) is 0.133. The predicted molar refractivity (Wildman–Crippen MR) is 132 cm³/mol. The lowest BCUT2D eigenvalue weighted by Gasteiger charge is -2.12. The molecule has 5 aromatic rings. The summed E-state index contributed by atoms with van der Waals surface area (Å²) in [6.07, 6.45) is 1.01. The topological polar surface area (TPSA) is 4.93 Å². The number of rotatable bonds is 5. The van der Waals surface area contributed by atoms with E-state index in [4.69, 9.17) is 0 Å². The summed E-state index contributed by atoms with van der Waals surface area (Å²) in [6.45, 7) is 5.39. The molecule has 0 atom stereocenters. The second kappa shape index (κ2) is 8.28. The van der Waals surface area contributed by atoms with Crippen molar-refractivity contribution < 1.29 is 0 Å². The van der Waals surface area contributed by atoms with Gasteiger partial charge in [0.1, 0.15) is 0 Å². The van der Waals surface area contributed by atoms with Gasteiger partial charge < -0.3 is 4.57 Å². The third kappa shape index (κ3) is 3.57. The monoisotopic (exact) mass is 401 g/mol. The van der Waals surface area contributed by atoms with Crippen molar-refractivity contribution in [3.8, 4) is 22.3 Å². The normalized spacial score (nSPS) is 11.2. The highest BCUT2D eigenvalue weighted by Gasteiger charge is 2.18. The number of aryl methyl sites for hydroxylation is 1. The smallest absolute Gasteiger partial charge is 0.0495 e. The average molecular weight is 402 g/mol. The van der Waals surface area contributed by atoms with Gasteiger partial charge in [-0.15, -0.1) is 0 Å². The van der Waals surface area contributed by atoms with E-state index in [2.05, 4.69) is 122 Å². The molecule has 31 heavy (non-hydrogen) atoms. The van der Waals surface area contributed by atoms with Gasteiger partial charge in [0.05, 0.1) is 0 Å². The van der Waals surface area contributed by atoms with Crippen LogP contribution >= 0.6 is 0 Å². The Morgan fingerprint density at radius 2 is 1.26 bits per heavy atom. The van der Waals surface area contributed by atoms with Gasteiger partial charge in [-0.1, -0.05) is 97.9 Å². The molecule has 0 spiro atoms. The first-order valence-corrected chi connectivity index (χ1v) is 11.1. The molecule has 152 valence electrons. The lowest BCUT2D eigenvalue weighted by molar-refractivity contribution is 0.805. The molecule has 0 saturated heterocycles. The summed E-state index contributed by atoms with van der Waals surface area (Å²) in [5, 5.41) is 1.33. The van der Waals surface area contributed by atoms with E-state index in [0.29, 0.717) is 0 Å². The van der Waals surface area contributed by atoms with Gasteiger partial charge in [0.25, 0.3) is 0 Å². The molecular formula is C30H27N. The highest BCUT2D eigenvalue weighted by Crippen LogP contribution is 2.39. The Balaban J connectivity index is 1.80. The molecule has 0 saturated carbocycles. The van der Waals surface area contributed by atoms with Gasteiger partial charge in [-0.05, 0) is 53.3 Å². The highest BCUT2D eigenvalue weighted by atomic mass is 15.0. The molecule has 0 N–H and O–H groups in total. The molecule has 0 radical (unpaired) electrons. The number of aromatic nitrogens is 1. The summed E-state index contributed by atoms with van der Waals surface area (Å²) in [5.74, 6) is 0. The Hall–Kier alpha value is -3.58. The number of nitrogens with zero attached hydrogens (tertiary/aromatic N) is 1. The van der Waals surface area contributed by atoms with Crippen molar-refractivity contribution in [3.05, 3.63) is 120 Å². The van der Waals surface area contributed by atoms with Crippen LogP contribution in [0.15, 0.2) is 103 Å². The van der Waals surface area contributed by atoms with Gasteiger partial charge >= 0.3 is 0 Å². The zero-order valence-corrected chi connectivity index (χ0v) is 18.2. The lowest BCUT2D eigenvalue weighted by atomic mass is 9.94. The van der Waals surface area contributed by atoms with Crippen LogP contribution in [0.3, 0.4) is 0 Å². The van der Waals surface area contributed by atoms with E-state index in [1.807, 2.05) is 0 Å². The van der Waals surface area contributed by atoms with E-state index in [9.17, 15) is 0 Å². The van der Waals surface area contributed by atoms with Gasteiger partial charge in [0, 0.05) is 28.7 Å². The number of benzene rings is 4. The van der Waals surface area contributed by atoms with Crippen LogP contribution in [0.5, 0.6) is 0 Å². The van der Waals surface area contributed by atoms with Crippen LogP contribution in [-0.2, 0) is 13.0 Å². The van der Waals surface area contributed by atoms with Crippen LogP contribution < -0.4 is 0 Å². The summed E-state index contributed by atoms with van der Waals surface area (Å²) >= 11 is 0. The Morgan fingerprint density at radius 3 is 1.87 bits per heavy atom. The van der Waals surface area contributed by atoms with E-state index >= 15 is 0 Å². The second-order valence-electron chi connectivity index (χ2n) is 8.14. The largest absolute Gasteiger partial charge is 0.340 e. The van der Waals surface area contributed by atoms with Crippen molar-refractivity contribution in [1.82, 2.24) is 4.57 Å². The molecule has 4 aromatic carbocycles. The number of hydrogen-bond donors (Lipinski definition) is 0. The van der Waals surface area contributed by atoms with Gasteiger partial charge in [-0.25, -0.2) is 0 Å². The molecule has 1 nitrogen and oxygen atoms in total. The summed E-state index contributed by atoms with van der Waals surface area (Å²) in [5.41, 5.74) is 10.6. The van der Waals surface area contributed by atoms with E-state index in [-0.39, 0.29) is 0 Å². The standard InChI is InChI=1S/C30H27N/c1-3-24-19-29-28(20-27(24)25-15-9-5-10-16-25)30(26-17-11-6-12-18-26)22(2)31(29)21-23-13-7-4-8-14-23/h4-20H,3,21H2,1-2H3. The summed E-state index contributed by atoms with van der Waals surface area (Å²) in [4.78, 5) is 0. The molecule has 0 unspecified atom stereocenters. The average Bonchev–Trinajstić information content (AvgIpc) is 3.10. The quantitative estimate of drug-likeness (QED) is 0.282. The number of fused-ring (bicyclic) bond motifs is 1. The first-order chi connectivity index (χ1) is 15.3. The molecule has 0 bridgehead atoms. The predicted octanol–water partition coefficient (Wildman–Crippen LogP) is 7.89. The van der Waals surface area contributed by atoms with Gasteiger partial charge in [0.2, 0.25) is 0 Å². The SMILES string of the molecule is CCc1cc2c(cc1-c1ccccc1)c(-c1ccccc1)c(C)n2Cc1ccccc1. The lowest BCUT2D eigenvalue weighted by Crippen LogP contribution is -2.02. The van der Waals surface area contributed by atoms with Crippen LogP contribution in [0, 0.1) is 6.92 Å². The Morgan fingerprint density at radius 1 is 0.677 bits per heavy atom. The molecule has 1 aromatic heterocycles. The van der Waals surface area contributed by atoms with Gasteiger partial charge in [-0.3, -0.25) is 0 Å². The molecule has 0 aliphatic rings. The van der Waals surface area contributed by atoms with Crippen molar-refractivity contribution in [1.29, 1.82) is 0 Å². The maximum absolute atomic E-state index is 2.49. The Bertz CT molecular complexity index is 1310. The Kier molecular flexibility index (Phi) is 5.18. The van der Waals surface area contributed by atoms with E-state index < -0.39 is 0 Å². The van der Waals surface area contributed by atoms with E-state index in [1.165, 1.54) is 50.0 Å². The molecule has 0 aliphatic carbocycles. The zero-order valence-electron chi connectivity index (χ0n) is 18.2. The van der Waals surface area contributed by atoms with Crippen LogP contribution in [0.25, 0.3) is 33.2 Å².